The average Bonchev–Trinajstić information content (AvgIpc) is 2.38. The zero-order valence-corrected chi connectivity index (χ0v) is 10.5. The number of morpholine rings is 1. The van der Waals surface area contributed by atoms with E-state index < -0.39 is 11.9 Å². The van der Waals surface area contributed by atoms with Crippen LogP contribution in [0.15, 0.2) is 24.3 Å². The second-order valence-corrected chi connectivity index (χ2v) is 4.50. The summed E-state index contributed by atoms with van der Waals surface area (Å²) >= 11 is 0. The van der Waals surface area contributed by atoms with Crippen molar-refractivity contribution < 1.29 is 14.3 Å². The third-order valence-corrected chi connectivity index (χ3v) is 3.08. The van der Waals surface area contributed by atoms with E-state index >= 15 is 0 Å². The fourth-order valence-electron chi connectivity index (χ4n) is 2.12. The highest BCUT2D eigenvalue weighted by molar-refractivity contribution is 5.88. The number of ether oxygens (including phenoxy) is 1. The minimum atomic E-state index is -0.678. The predicted molar refractivity (Wildman–Crippen MR) is 70.1 cm³/mol. The Kier molecular flexibility index (Phi) is 4.01. The lowest BCUT2D eigenvalue weighted by molar-refractivity contribution is -0.146. The van der Waals surface area contributed by atoms with Crippen LogP contribution in [0, 0.1) is 0 Å². The van der Waals surface area contributed by atoms with Crippen molar-refractivity contribution in [1.82, 2.24) is 4.90 Å². The van der Waals surface area contributed by atoms with Crippen molar-refractivity contribution in [2.75, 3.05) is 25.5 Å². The lowest BCUT2D eigenvalue weighted by atomic mass is 10.1. The molecule has 2 amide bonds. The molecule has 1 heterocycles. The number of rotatable bonds is 3. The molecular formula is C13H17N3O3. The molecule has 1 atom stereocenters. The van der Waals surface area contributed by atoms with E-state index in [2.05, 4.69) is 0 Å². The molecule has 1 aliphatic heterocycles. The van der Waals surface area contributed by atoms with Crippen LogP contribution in [0.5, 0.6) is 0 Å². The largest absolute Gasteiger partial charge is 0.399 e. The summed E-state index contributed by atoms with van der Waals surface area (Å²) in [6.07, 6.45) is 0.203. The number of hydrogen-bond acceptors (Lipinski definition) is 4. The minimum Gasteiger partial charge on any atom is -0.399 e. The van der Waals surface area contributed by atoms with E-state index in [1.165, 1.54) is 4.90 Å². The van der Waals surface area contributed by atoms with Crippen LogP contribution in [0.1, 0.15) is 5.56 Å². The molecule has 4 N–H and O–H groups in total. The van der Waals surface area contributed by atoms with Gasteiger partial charge in [0.15, 0.2) is 0 Å². The Bertz CT molecular complexity index is 490. The Balaban J connectivity index is 2.07. The Morgan fingerprint density at radius 2 is 2.21 bits per heavy atom. The molecule has 0 spiro atoms. The Morgan fingerprint density at radius 3 is 2.89 bits per heavy atom. The third-order valence-electron chi connectivity index (χ3n) is 3.08. The molecule has 1 aromatic rings. The fourth-order valence-corrected chi connectivity index (χ4v) is 2.12. The zero-order chi connectivity index (χ0) is 13.8. The van der Waals surface area contributed by atoms with Gasteiger partial charge in [0.2, 0.25) is 11.8 Å². The van der Waals surface area contributed by atoms with E-state index in [-0.39, 0.29) is 18.9 Å². The average molecular weight is 263 g/mol. The van der Waals surface area contributed by atoms with E-state index in [1.54, 1.807) is 18.2 Å². The highest BCUT2D eigenvalue weighted by atomic mass is 16.5. The van der Waals surface area contributed by atoms with E-state index in [9.17, 15) is 9.59 Å². The summed E-state index contributed by atoms with van der Waals surface area (Å²) in [6, 6.07) is 6.45. The predicted octanol–water partition coefficient (Wildman–Crippen LogP) is -0.476. The molecule has 0 bridgehead atoms. The monoisotopic (exact) mass is 263 g/mol. The highest BCUT2D eigenvalue weighted by Crippen LogP contribution is 2.12. The van der Waals surface area contributed by atoms with Crippen molar-refractivity contribution in [3.8, 4) is 0 Å². The number of nitrogen functional groups attached to an aromatic ring is 1. The van der Waals surface area contributed by atoms with Gasteiger partial charge in [-0.1, -0.05) is 12.1 Å². The number of carbonyl (C=O) groups is 2. The molecular weight excluding hydrogens is 246 g/mol. The van der Waals surface area contributed by atoms with E-state index in [0.29, 0.717) is 18.8 Å². The Hall–Kier alpha value is -2.08. The summed E-state index contributed by atoms with van der Waals surface area (Å²) < 4.78 is 5.18. The van der Waals surface area contributed by atoms with Crippen LogP contribution < -0.4 is 11.5 Å². The molecule has 2 rings (SSSR count). The number of primary amides is 1. The quantitative estimate of drug-likeness (QED) is 0.720. The van der Waals surface area contributed by atoms with Gasteiger partial charge in [-0.25, -0.2) is 0 Å². The molecule has 0 saturated carbocycles. The van der Waals surface area contributed by atoms with Crippen LogP contribution >= 0.6 is 0 Å². The van der Waals surface area contributed by atoms with Crippen LogP contribution in [0.25, 0.3) is 0 Å². The standard InChI is InChI=1S/C13H17N3O3/c14-10-3-1-2-9(6-10)7-12(17)16-4-5-19-8-11(16)13(15)18/h1-3,6,11H,4-5,7-8,14H2,(H2,15,18). The van der Waals surface area contributed by atoms with Gasteiger partial charge in [0.25, 0.3) is 0 Å². The van der Waals surface area contributed by atoms with Crippen molar-refractivity contribution in [3.63, 3.8) is 0 Å². The lowest BCUT2D eigenvalue weighted by Crippen LogP contribution is -2.55. The Morgan fingerprint density at radius 1 is 1.42 bits per heavy atom. The first kappa shape index (κ1) is 13.4. The SMILES string of the molecule is NC(=O)C1COCCN1C(=O)Cc1cccc(N)c1. The van der Waals surface area contributed by atoms with Gasteiger partial charge in [-0.3, -0.25) is 9.59 Å². The molecule has 1 fully saturated rings. The van der Waals surface area contributed by atoms with E-state index in [1.807, 2.05) is 6.07 Å². The fraction of sp³-hybridized carbons (Fsp3) is 0.385. The molecule has 1 aliphatic rings. The molecule has 6 heteroatoms. The minimum absolute atomic E-state index is 0.141. The smallest absolute Gasteiger partial charge is 0.242 e. The van der Waals surface area contributed by atoms with Gasteiger partial charge in [0, 0.05) is 12.2 Å². The molecule has 0 aliphatic carbocycles. The summed E-state index contributed by atoms with van der Waals surface area (Å²) in [4.78, 5) is 25.0. The second-order valence-electron chi connectivity index (χ2n) is 4.50. The van der Waals surface area contributed by atoms with Crippen LogP contribution in [0.3, 0.4) is 0 Å². The summed E-state index contributed by atoms with van der Waals surface area (Å²) in [5.41, 5.74) is 12.4. The van der Waals surface area contributed by atoms with E-state index in [4.69, 9.17) is 16.2 Å². The number of anilines is 1. The summed E-state index contributed by atoms with van der Waals surface area (Å²) in [5.74, 6) is -0.682. The number of carbonyl (C=O) groups excluding carboxylic acids is 2. The van der Waals surface area contributed by atoms with Gasteiger partial charge >= 0.3 is 0 Å². The van der Waals surface area contributed by atoms with Crippen LogP contribution in [0.2, 0.25) is 0 Å². The van der Waals surface area contributed by atoms with Gasteiger partial charge in [-0.15, -0.1) is 0 Å². The maximum Gasteiger partial charge on any atom is 0.242 e. The van der Waals surface area contributed by atoms with Crippen molar-refractivity contribution in [2.24, 2.45) is 5.73 Å². The molecule has 0 aromatic heterocycles. The molecule has 1 saturated heterocycles. The van der Waals surface area contributed by atoms with Crippen molar-refractivity contribution in [1.29, 1.82) is 0 Å². The molecule has 19 heavy (non-hydrogen) atoms. The van der Waals surface area contributed by atoms with Crippen LogP contribution in [0.4, 0.5) is 5.69 Å². The van der Waals surface area contributed by atoms with Gasteiger partial charge in [0.1, 0.15) is 6.04 Å². The summed E-state index contributed by atoms with van der Waals surface area (Å²) in [7, 11) is 0. The van der Waals surface area contributed by atoms with E-state index in [0.717, 1.165) is 5.56 Å². The molecule has 1 unspecified atom stereocenters. The first-order valence-electron chi connectivity index (χ1n) is 6.09. The lowest BCUT2D eigenvalue weighted by Gasteiger charge is -2.33. The van der Waals surface area contributed by atoms with Crippen LogP contribution in [-0.2, 0) is 20.7 Å². The number of nitrogens with two attached hydrogens (primary N) is 2. The second kappa shape index (κ2) is 5.71. The van der Waals surface area contributed by atoms with Gasteiger partial charge in [-0.05, 0) is 17.7 Å². The first-order chi connectivity index (χ1) is 9.08. The van der Waals surface area contributed by atoms with Gasteiger partial charge < -0.3 is 21.1 Å². The summed E-state index contributed by atoms with van der Waals surface area (Å²) in [5, 5.41) is 0. The molecule has 1 aromatic carbocycles. The normalized spacial score (nSPS) is 19.2. The van der Waals surface area contributed by atoms with Crippen molar-refractivity contribution in [3.05, 3.63) is 29.8 Å². The molecule has 0 radical (unpaired) electrons. The number of benzene rings is 1. The first-order valence-corrected chi connectivity index (χ1v) is 6.09. The van der Waals surface area contributed by atoms with Crippen LogP contribution in [-0.4, -0.2) is 42.5 Å². The maximum absolute atomic E-state index is 12.2. The Labute approximate surface area is 111 Å². The summed E-state index contributed by atoms with van der Waals surface area (Å²) in [6.45, 7) is 0.971. The highest BCUT2D eigenvalue weighted by Gasteiger charge is 2.31. The molecule has 6 nitrogen and oxygen atoms in total. The number of hydrogen-bond donors (Lipinski definition) is 2. The molecule has 102 valence electrons. The zero-order valence-electron chi connectivity index (χ0n) is 10.5. The number of amides is 2. The van der Waals surface area contributed by atoms with Crippen molar-refractivity contribution in [2.45, 2.75) is 12.5 Å². The maximum atomic E-state index is 12.2. The number of nitrogens with zero attached hydrogens (tertiary/aromatic N) is 1. The van der Waals surface area contributed by atoms with Gasteiger partial charge in [0.05, 0.1) is 19.6 Å². The van der Waals surface area contributed by atoms with Crippen molar-refractivity contribution >= 4 is 17.5 Å². The third kappa shape index (κ3) is 3.23. The topological polar surface area (TPSA) is 98.7 Å². The van der Waals surface area contributed by atoms with Gasteiger partial charge in [-0.2, -0.15) is 0 Å².